The van der Waals surface area contributed by atoms with Gasteiger partial charge in [-0.05, 0) is 88.0 Å². The minimum Gasteiger partial charge on any atom is -0.379 e. The highest BCUT2D eigenvalue weighted by Gasteiger charge is 2.26. The normalized spacial score (nSPS) is 16.8. The fourth-order valence-corrected chi connectivity index (χ4v) is 7.57. The molecule has 8 heteroatoms. The summed E-state index contributed by atoms with van der Waals surface area (Å²) in [5, 5.41) is 3.48. The molecule has 2 N–H and O–H groups in total. The first-order chi connectivity index (χ1) is 19.3. The lowest BCUT2D eigenvalue weighted by molar-refractivity contribution is 0.0187. The first-order valence-electron chi connectivity index (χ1n) is 14.3. The van der Waals surface area contributed by atoms with E-state index in [1.807, 2.05) is 31.3 Å². The van der Waals surface area contributed by atoms with Crippen LogP contribution in [0, 0.1) is 20.8 Å². The number of Topliss-reactive ketones (excluding diaryl/α,β-unsaturated/α-hetero) is 1. The summed E-state index contributed by atoms with van der Waals surface area (Å²) in [5.74, 6) is 0.0789. The van der Waals surface area contributed by atoms with Crippen LogP contribution in [0.4, 0.5) is 0 Å². The Hall–Kier alpha value is -3.04. The number of morpholine rings is 1. The summed E-state index contributed by atoms with van der Waals surface area (Å²) in [7, 11) is 0. The first-order valence-corrected chi connectivity index (χ1v) is 15.1. The van der Waals surface area contributed by atoms with E-state index < -0.39 is 0 Å². The number of hydrogen-bond donors (Lipinski definition) is 2. The van der Waals surface area contributed by atoms with Crippen LogP contribution < -0.4 is 10.9 Å². The number of carbonyl (C=O) groups excluding carboxylic acids is 1. The molecule has 1 saturated heterocycles. The third-order valence-electron chi connectivity index (χ3n) is 8.61. The molecule has 1 unspecified atom stereocenters. The van der Waals surface area contributed by atoms with Crippen LogP contribution in [0.5, 0.6) is 0 Å². The minimum absolute atomic E-state index is 0.0789. The molecule has 0 aromatic carbocycles. The van der Waals surface area contributed by atoms with Gasteiger partial charge in [-0.3, -0.25) is 14.5 Å². The van der Waals surface area contributed by atoms with E-state index in [1.54, 1.807) is 0 Å². The van der Waals surface area contributed by atoms with Gasteiger partial charge in [0, 0.05) is 81.6 Å². The Kier molecular flexibility index (Phi) is 7.52. The molecule has 0 saturated carbocycles. The Morgan fingerprint density at radius 2 is 1.93 bits per heavy atom. The van der Waals surface area contributed by atoms with Gasteiger partial charge in [-0.2, -0.15) is 0 Å². The smallest absolute Gasteiger partial charge is 0.251 e. The average Bonchev–Trinajstić information content (AvgIpc) is 3.56. The number of nitrogens with zero attached hydrogens (tertiary/aromatic N) is 2. The number of H-pyrrole nitrogens is 1. The van der Waals surface area contributed by atoms with Crippen LogP contribution in [0.3, 0.4) is 0 Å². The number of nitrogens with one attached hydrogen (secondary N) is 2. The van der Waals surface area contributed by atoms with Gasteiger partial charge in [-0.1, -0.05) is 0 Å². The number of hydrogen-bond acceptors (Lipinski definition) is 6. The molecule has 6 rings (SSSR count). The maximum Gasteiger partial charge on any atom is 0.251 e. The predicted molar refractivity (Wildman–Crippen MR) is 161 cm³/mol. The minimum atomic E-state index is -0.0934. The predicted octanol–water partition coefficient (Wildman–Crippen LogP) is 5.14. The zero-order valence-electron chi connectivity index (χ0n) is 23.9. The number of pyridine rings is 2. The summed E-state index contributed by atoms with van der Waals surface area (Å²) in [6.07, 6.45) is 4.05. The van der Waals surface area contributed by atoms with Crippen LogP contribution in [0.1, 0.15) is 68.3 Å². The SMILES string of the molecule is Cc1cc(C)c(CCC(=O)c2cc3cc(-c4cc5c(s4)CNCC5)cn3c(C(C)N3CCOCC3)c2C)c(=O)[nH]1. The third kappa shape index (κ3) is 5.09. The van der Waals surface area contributed by atoms with Crippen LogP contribution in [-0.4, -0.2) is 52.9 Å². The maximum absolute atomic E-state index is 13.8. The molecule has 7 nitrogen and oxygen atoms in total. The lowest BCUT2D eigenvalue weighted by atomic mass is 9.95. The van der Waals surface area contributed by atoms with E-state index in [-0.39, 0.29) is 17.4 Å². The quantitative estimate of drug-likeness (QED) is 0.307. The van der Waals surface area contributed by atoms with Crippen molar-refractivity contribution in [2.45, 2.75) is 59.5 Å². The van der Waals surface area contributed by atoms with Crippen molar-refractivity contribution in [2.75, 3.05) is 32.8 Å². The second kappa shape index (κ2) is 11.1. The van der Waals surface area contributed by atoms with Crippen molar-refractivity contribution < 1.29 is 9.53 Å². The lowest BCUT2D eigenvalue weighted by Gasteiger charge is -2.34. The van der Waals surface area contributed by atoms with Crippen molar-refractivity contribution in [3.63, 3.8) is 0 Å². The van der Waals surface area contributed by atoms with Crippen molar-refractivity contribution in [3.05, 3.63) is 84.9 Å². The van der Waals surface area contributed by atoms with E-state index in [4.69, 9.17) is 4.74 Å². The number of aryl methyl sites for hydroxylation is 2. The van der Waals surface area contributed by atoms with E-state index in [2.05, 4.69) is 57.8 Å². The van der Waals surface area contributed by atoms with Crippen LogP contribution >= 0.6 is 11.3 Å². The van der Waals surface area contributed by atoms with Gasteiger partial charge in [0.25, 0.3) is 5.56 Å². The van der Waals surface area contributed by atoms with Gasteiger partial charge in [-0.15, -0.1) is 11.3 Å². The fourth-order valence-electron chi connectivity index (χ4n) is 6.41. The van der Waals surface area contributed by atoms with Gasteiger partial charge in [0.2, 0.25) is 0 Å². The standard InChI is InChI=1S/C32H38N4O3S/c1-19-13-20(2)34-32(38)26(19)5-6-28(37)27-16-25-14-24(29-15-23-7-8-33-17-30(23)40-29)18-36(25)31(21(27)3)22(4)35-9-11-39-12-10-35/h13-16,18,22,33H,5-12,17H2,1-4H3,(H,34,38). The number of ether oxygens (including phenoxy) is 1. The first kappa shape index (κ1) is 27.1. The fraction of sp³-hybridized carbons (Fsp3) is 0.438. The summed E-state index contributed by atoms with van der Waals surface area (Å²) >= 11 is 1.87. The Bertz CT molecular complexity index is 1620. The number of fused-ring (bicyclic) bond motifs is 2. The number of rotatable bonds is 7. The number of thiophene rings is 1. The van der Waals surface area contributed by atoms with Crippen molar-refractivity contribution in [1.29, 1.82) is 0 Å². The van der Waals surface area contributed by atoms with Crippen molar-refractivity contribution in [1.82, 2.24) is 19.6 Å². The molecule has 4 aromatic rings. The summed E-state index contributed by atoms with van der Waals surface area (Å²) in [4.78, 5) is 34.4. The molecule has 40 heavy (non-hydrogen) atoms. The third-order valence-corrected chi connectivity index (χ3v) is 9.84. The Morgan fingerprint density at radius 3 is 2.67 bits per heavy atom. The van der Waals surface area contributed by atoms with E-state index in [0.29, 0.717) is 18.4 Å². The van der Waals surface area contributed by atoms with Crippen LogP contribution in [0.15, 0.2) is 35.3 Å². The van der Waals surface area contributed by atoms with Crippen LogP contribution in [0.25, 0.3) is 16.0 Å². The Labute approximate surface area is 239 Å². The molecule has 2 aliphatic heterocycles. The van der Waals surface area contributed by atoms with E-state index in [9.17, 15) is 9.59 Å². The number of ketones is 1. The van der Waals surface area contributed by atoms with Crippen molar-refractivity contribution >= 4 is 22.6 Å². The van der Waals surface area contributed by atoms with E-state index in [1.165, 1.54) is 20.9 Å². The lowest BCUT2D eigenvalue weighted by Crippen LogP contribution is -2.39. The highest BCUT2D eigenvalue weighted by molar-refractivity contribution is 7.15. The second-order valence-electron chi connectivity index (χ2n) is 11.3. The molecular weight excluding hydrogens is 520 g/mol. The molecule has 1 fully saturated rings. The second-order valence-corrected chi connectivity index (χ2v) is 12.4. The number of aromatic nitrogens is 2. The number of carbonyl (C=O) groups is 1. The van der Waals surface area contributed by atoms with Gasteiger partial charge < -0.3 is 19.4 Å². The Balaban J connectivity index is 1.40. The zero-order valence-corrected chi connectivity index (χ0v) is 24.7. The number of aromatic amines is 1. The largest absolute Gasteiger partial charge is 0.379 e. The average molecular weight is 559 g/mol. The summed E-state index contributed by atoms with van der Waals surface area (Å²) in [6.45, 7) is 13.3. The highest BCUT2D eigenvalue weighted by Crippen LogP contribution is 2.37. The molecule has 6 heterocycles. The highest BCUT2D eigenvalue weighted by atomic mass is 32.1. The van der Waals surface area contributed by atoms with E-state index >= 15 is 0 Å². The summed E-state index contributed by atoms with van der Waals surface area (Å²) in [6, 6.07) is 8.73. The molecule has 0 amide bonds. The zero-order chi connectivity index (χ0) is 28.0. The van der Waals surface area contributed by atoms with Crippen molar-refractivity contribution in [3.8, 4) is 10.4 Å². The summed E-state index contributed by atoms with van der Waals surface area (Å²) < 4.78 is 7.93. The van der Waals surface area contributed by atoms with Gasteiger partial charge in [0.1, 0.15) is 0 Å². The van der Waals surface area contributed by atoms with Crippen molar-refractivity contribution in [2.24, 2.45) is 0 Å². The molecule has 4 aromatic heterocycles. The molecular formula is C32H38N4O3S. The topological polar surface area (TPSA) is 78.8 Å². The molecule has 0 radical (unpaired) electrons. The van der Waals surface area contributed by atoms with Gasteiger partial charge in [0.05, 0.1) is 13.2 Å². The Morgan fingerprint density at radius 1 is 1.12 bits per heavy atom. The summed E-state index contributed by atoms with van der Waals surface area (Å²) in [5.41, 5.74) is 8.98. The van der Waals surface area contributed by atoms with Gasteiger partial charge >= 0.3 is 0 Å². The molecule has 2 aliphatic rings. The van der Waals surface area contributed by atoms with Gasteiger partial charge in [-0.25, -0.2) is 0 Å². The van der Waals surface area contributed by atoms with Gasteiger partial charge in [0.15, 0.2) is 5.78 Å². The van der Waals surface area contributed by atoms with E-state index in [0.717, 1.165) is 79.4 Å². The molecule has 1 atom stereocenters. The van der Waals surface area contributed by atoms with Crippen LogP contribution in [-0.2, 0) is 24.1 Å². The van der Waals surface area contributed by atoms with Crippen LogP contribution in [0.2, 0.25) is 0 Å². The molecule has 210 valence electrons. The monoisotopic (exact) mass is 558 g/mol. The molecule has 0 bridgehead atoms. The molecule has 0 aliphatic carbocycles. The maximum atomic E-state index is 13.8. The molecule has 0 spiro atoms.